The van der Waals surface area contributed by atoms with Gasteiger partial charge in [-0.15, -0.1) is 11.3 Å². The van der Waals surface area contributed by atoms with E-state index in [9.17, 15) is 0 Å². The number of benzene rings is 1. The van der Waals surface area contributed by atoms with E-state index in [-0.39, 0.29) is 0 Å². The van der Waals surface area contributed by atoms with E-state index in [1.807, 2.05) is 13.0 Å². The van der Waals surface area contributed by atoms with Crippen LogP contribution in [0.25, 0.3) is 10.2 Å². The first kappa shape index (κ1) is 8.68. The zero-order chi connectivity index (χ0) is 10.1. The van der Waals surface area contributed by atoms with Gasteiger partial charge in [0.15, 0.2) is 0 Å². The van der Waals surface area contributed by atoms with Gasteiger partial charge in [-0.3, -0.25) is 0 Å². The number of fused-ring (bicyclic) bond motifs is 1. The average Bonchev–Trinajstić information content (AvgIpc) is 2.56. The van der Waals surface area contributed by atoms with Crippen LogP contribution in [0.2, 0.25) is 0 Å². The summed E-state index contributed by atoms with van der Waals surface area (Å²) in [6, 6.07) is 7.47. The van der Waals surface area contributed by atoms with Crippen molar-refractivity contribution < 1.29 is 0 Å². The molecule has 2 rings (SSSR count). The molecule has 0 saturated heterocycles. The molecule has 0 aliphatic carbocycles. The summed E-state index contributed by atoms with van der Waals surface area (Å²) < 4.78 is 0.809. The highest BCUT2D eigenvalue weighted by Crippen LogP contribution is 2.26. The van der Waals surface area contributed by atoms with Gasteiger partial charge in [0.05, 0.1) is 26.4 Å². The lowest BCUT2D eigenvalue weighted by molar-refractivity contribution is 1.34. The van der Waals surface area contributed by atoms with Crippen molar-refractivity contribution in [2.75, 3.05) is 0 Å². The van der Waals surface area contributed by atoms with E-state index in [4.69, 9.17) is 10.5 Å². The Morgan fingerprint density at radius 2 is 2.07 bits per heavy atom. The zero-order valence-electron chi connectivity index (χ0n) is 7.40. The minimum absolute atomic E-state index is 0.420. The van der Waals surface area contributed by atoms with Crippen LogP contribution in [0.5, 0.6) is 0 Å². The molecule has 0 N–H and O–H groups in total. The molecule has 1 aromatic heterocycles. The Kier molecular flexibility index (Phi) is 1.92. The Hall–Kier alpha value is -1.91. The predicted molar refractivity (Wildman–Crippen MR) is 53.8 cm³/mol. The van der Waals surface area contributed by atoms with Gasteiger partial charge in [-0.05, 0) is 19.1 Å². The third-order valence-electron chi connectivity index (χ3n) is 1.90. The van der Waals surface area contributed by atoms with Crippen LogP contribution in [-0.4, -0.2) is 4.98 Å². The highest BCUT2D eigenvalue weighted by atomic mass is 32.1. The summed E-state index contributed by atoms with van der Waals surface area (Å²) in [6.45, 7) is 1.89. The van der Waals surface area contributed by atoms with E-state index < -0.39 is 0 Å². The lowest BCUT2D eigenvalue weighted by atomic mass is 10.1. The average molecular weight is 199 g/mol. The molecular weight excluding hydrogens is 194 g/mol. The van der Waals surface area contributed by atoms with Gasteiger partial charge < -0.3 is 0 Å². The van der Waals surface area contributed by atoms with Crippen molar-refractivity contribution in [1.82, 2.24) is 4.98 Å². The van der Waals surface area contributed by atoms with Crippen molar-refractivity contribution in [1.29, 1.82) is 10.5 Å². The summed E-state index contributed by atoms with van der Waals surface area (Å²) in [5.74, 6) is 0. The maximum atomic E-state index is 8.93. The van der Waals surface area contributed by atoms with Crippen LogP contribution in [0.4, 0.5) is 0 Å². The van der Waals surface area contributed by atoms with Crippen LogP contribution in [0.3, 0.4) is 0 Å². The van der Waals surface area contributed by atoms with Gasteiger partial charge >= 0.3 is 0 Å². The summed E-state index contributed by atoms with van der Waals surface area (Å²) in [6.07, 6.45) is 0. The van der Waals surface area contributed by atoms with Crippen molar-refractivity contribution in [3.8, 4) is 12.1 Å². The van der Waals surface area contributed by atoms with Crippen LogP contribution in [0.15, 0.2) is 12.1 Å². The first-order valence-corrected chi connectivity index (χ1v) is 4.78. The normalized spacial score (nSPS) is 9.64. The second kappa shape index (κ2) is 3.10. The molecule has 1 aromatic carbocycles. The van der Waals surface area contributed by atoms with E-state index in [0.717, 1.165) is 15.2 Å². The summed E-state index contributed by atoms with van der Waals surface area (Å²) in [4.78, 5) is 4.26. The SMILES string of the molecule is Cc1nc2ccc(C#N)c(C#N)c2s1. The molecule has 0 aliphatic heterocycles. The highest BCUT2D eigenvalue weighted by Gasteiger charge is 2.10. The minimum Gasteiger partial charge on any atom is -0.241 e. The third-order valence-corrected chi connectivity index (χ3v) is 2.90. The first-order valence-electron chi connectivity index (χ1n) is 3.96. The molecule has 0 unspecified atom stereocenters. The van der Waals surface area contributed by atoms with Gasteiger partial charge in [0.25, 0.3) is 0 Å². The molecule has 1 heterocycles. The molecule has 4 heteroatoms. The lowest BCUT2D eigenvalue weighted by Crippen LogP contribution is -1.83. The van der Waals surface area contributed by atoms with Gasteiger partial charge in [0, 0.05) is 0 Å². The summed E-state index contributed by atoms with van der Waals surface area (Å²) in [7, 11) is 0. The standard InChI is InChI=1S/C10H5N3S/c1-6-13-9-3-2-7(4-11)8(5-12)10(9)14-6/h2-3H,1H3. The molecule has 0 atom stereocenters. The van der Waals surface area contributed by atoms with E-state index in [1.165, 1.54) is 11.3 Å². The molecule has 0 saturated carbocycles. The molecule has 66 valence electrons. The lowest BCUT2D eigenvalue weighted by Gasteiger charge is -1.93. The minimum atomic E-state index is 0.420. The number of nitrogens with zero attached hydrogens (tertiary/aromatic N) is 3. The molecule has 2 aromatic rings. The number of nitriles is 2. The smallest absolute Gasteiger partial charge is 0.102 e. The molecule has 14 heavy (non-hydrogen) atoms. The largest absolute Gasteiger partial charge is 0.241 e. The van der Waals surface area contributed by atoms with Crippen molar-refractivity contribution in [3.05, 3.63) is 28.3 Å². The van der Waals surface area contributed by atoms with Gasteiger partial charge in [-0.2, -0.15) is 10.5 Å². The fourth-order valence-corrected chi connectivity index (χ4v) is 2.22. The molecule has 0 aliphatic rings. The van der Waals surface area contributed by atoms with Gasteiger partial charge in [-0.1, -0.05) is 0 Å². The Morgan fingerprint density at radius 3 is 2.71 bits per heavy atom. The van der Waals surface area contributed by atoms with Crippen LogP contribution in [0, 0.1) is 29.6 Å². The molecular formula is C10H5N3S. The fraction of sp³-hybridized carbons (Fsp3) is 0.100. The highest BCUT2D eigenvalue weighted by molar-refractivity contribution is 7.18. The molecule has 0 amide bonds. The Labute approximate surface area is 84.9 Å². The van der Waals surface area contributed by atoms with Gasteiger partial charge in [0.2, 0.25) is 0 Å². The predicted octanol–water partition coefficient (Wildman–Crippen LogP) is 2.35. The number of rotatable bonds is 0. The van der Waals surface area contributed by atoms with Gasteiger partial charge in [-0.25, -0.2) is 4.98 Å². The number of hydrogen-bond donors (Lipinski definition) is 0. The second-order valence-electron chi connectivity index (χ2n) is 2.79. The van der Waals surface area contributed by atoms with Crippen molar-refractivity contribution in [2.24, 2.45) is 0 Å². The fourth-order valence-electron chi connectivity index (χ4n) is 1.31. The third kappa shape index (κ3) is 1.14. The van der Waals surface area contributed by atoms with Crippen molar-refractivity contribution in [2.45, 2.75) is 6.92 Å². The van der Waals surface area contributed by atoms with E-state index in [2.05, 4.69) is 11.1 Å². The maximum absolute atomic E-state index is 8.93. The van der Waals surface area contributed by atoms with E-state index in [0.29, 0.717) is 11.1 Å². The number of hydrogen-bond acceptors (Lipinski definition) is 4. The Balaban J connectivity index is 2.93. The maximum Gasteiger partial charge on any atom is 0.102 e. The van der Waals surface area contributed by atoms with Crippen LogP contribution < -0.4 is 0 Å². The molecule has 3 nitrogen and oxygen atoms in total. The number of aromatic nitrogens is 1. The molecule has 0 bridgehead atoms. The summed E-state index contributed by atoms with van der Waals surface area (Å²) >= 11 is 1.45. The Morgan fingerprint density at radius 1 is 1.29 bits per heavy atom. The summed E-state index contributed by atoms with van der Waals surface area (Å²) in [5.41, 5.74) is 1.65. The Bertz CT molecular complexity index is 584. The van der Waals surface area contributed by atoms with Crippen LogP contribution >= 0.6 is 11.3 Å². The summed E-state index contributed by atoms with van der Waals surface area (Å²) in [5, 5.41) is 18.6. The van der Waals surface area contributed by atoms with Crippen LogP contribution in [0.1, 0.15) is 16.1 Å². The molecule has 0 spiro atoms. The molecule has 0 fully saturated rings. The number of aryl methyl sites for hydroxylation is 1. The van der Waals surface area contributed by atoms with Gasteiger partial charge in [0.1, 0.15) is 12.1 Å². The van der Waals surface area contributed by atoms with E-state index in [1.54, 1.807) is 12.1 Å². The number of thiazole rings is 1. The quantitative estimate of drug-likeness (QED) is 0.654. The second-order valence-corrected chi connectivity index (χ2v) is 4.00. The first-order chi connectivity index (χ1) is 6.76. The topological polar surface area (TPSA) is 60.5 Å². The van der Waals surface area contributed by atoms with Crippen LogP contribution in [-0.2, 0) is 0 Å². The molecule has 0 radical (unpaired) electrons. The zero-order valence-corrected chi connectivity index (χ0v) is 8.22. The monoisotopic (exact) mass is 199 g/mol. The van der Waals surface area contributed by atoms with E-state index >= 15 is 0 Å². The van der Waals surface area contributed by atoms with Crippen molar-refractivity contribution >= 4 is 21.6 Å². The van der Waals surface area contributed by atoms with Crippen molar-refractivity contribution in [3.63, 3.8) is 0 Å².